The van der Waals surface area contributed by atoms with Gasteiger partial charge in [0.15, 0.2) is 5.82 Å². The summed E-state index contributed by atoms with van der Waals surface area (Å²) >= 11 is 0. The van der Waals surface area contributed by atoms with Crippen LogP contribution in [0, 0.1) is 0 Å². The fourth-order valence-electron chi connectivity index (χ4n) is 4.39. The quantitative estimate of drug-likeness (QED) is 0.556. The minimum Gasteiger partial charge on any atom is -0.378 e. The molecule has 1 aromatic carbocycles. The van der Waals surface area contributed by atoms with Crippen molar-refractivity contribution in [3.05, 3.63) is 36.2 Å². The lowest BCUT2D eigenvalue weighted by Crippen LogP contribution is -2.38. The summed E-state index contributed by atoms with van der Waals surface area (Å²) in [7, 11) is 0. The molecule has 2 fully saturated rings. The van der Waals surface area contributed by atoms with Crippen molar-refractivity contribution in [3.63, 3.8) is 0 Å². The first-order valence-electron chi connectivity index (χ1n) is 11.3. The maximum absolute atomic E-state index is 14.0. The Balaban J connectivity index is 1.55. The molecule has 0 bridgehead atoms. The van der Waals surface area contributed by atoms with Gasteiger partial charge in [0.2, 0.25) is 11.9 Å². The van der Waals surface area contributed by atoms with Crippen LogP contribution < -0.4 is 16.0 Å². The van der Waals surface area contributed by atoms with Crippen molar-refractivity contribution in [2.75, 3.05) is 56.2 Å². The lowest BCUT2D eigenvalue weighted by Gasteiger charge is -2.28. The fourth-order valence-corrected chi connectivity index (χ4v) is 4.39. The number of carbonyl (C=O) groups is 1. The van der Waals surface area contributed by atoms with Gasteiger partial charge < -0.3 is 25.6 Å². The second-order valence-corrected chi connectivity index (χ2v) is 8.28. The minimum absolute atomic E-state index is 0.0321. The van der Waals surface area contributed by atoms with Gasteiger partial charge in [0.25, 0.3) is 6.43 Å². The standard InChI is InChI=1S/C22H26F2N8O2/c23-20(24)21-27-15-3-1-2-4-16(15)32(21)18-11-17(26-14-5-6-31(13-14)19(33)12-25)28-22(29-18)30-7-9-34-10-8-30/h1-4,11,14,20H,5-10,12-13,25H2,(H,26,28,29)/t14-/m0/s1. The SMILES string of the molecule is NCC(=O)N1CC[C@H](Nc2cc(-n3c(C(F)F)nc4ccccc43)nc(N3CCOCC3)n2)C1. The number of aromatic nitrogens is 4. The van der Waals surface area contributed by atoms with Gasteiger partial charge in [0, 0.05) is 38.3 Å². The lowest BCUT2D eigenvalue weighted by molar-refractivity contribution is -0.128. The minimum atomic E-state index is -2.78. The zero-order valence-electron chi connectivity index (χ0n) is 18.5. The molecule has 0 unspecified atom stereocenters. The Kier molecular flexibility index (Phi) is 6.24. The molecule has 4 heterocycles. The van der Waals surface area contributed by atoms with Gasteiger partial charge in [0.1, 0.15) is 11.6 Å². The summed E-state index contributed by atoms with van der Waals surface area (Å²) in [5.74, 6) is 0.745. The van der Waals surface area contributed by atoms with E-state index in [1.165, 1.54) is 4.57 Å². The van der Waals surface area contributed by atoms with E-state index in [9.17, 15) is 13.6 Å². The number of fused-ring (bicyclic) bond motifs is 1. The summed E-state index contributed by atoms with van der Waals surface area (Å²) in [6, 6.07) is 8.59. The molecule has 1 amide bonds. The highest BCUT2D eigenvalue weighted by Gasteiger charge is 2.27. The van der Waals surface area contributed by atoms with Crippen LogP contribution in [0.4, 0.5) is 20.5 Å². The Labute approximate surface area is 194 Å². The highest BCUT2D eigenvalue weighted by atomic mass is 19.3. The number of nitrogens with zero attached hydrogens (tertiary/aromatic N) is 6. The summed E-state index contributed by atoms with van der Waals surface area (Å²) < 4.78 is 34.8. The summed E-state index contributed by atoms with van der Waals surface area (Å²) in [5.41, 5.74) is 6.49. The first-order valence-corrected chi connectivity index (χ1v) is 11.3. The first kappa shape index (κ1) is 22.4. The number of amides is 1. The molecule has 180 valence electrons. The normalized spacial score (nSPS) is 18.8. The number of imidazole rings is 1. The molecule has 0 radical (unpaired) electrons. The third kappa shape index (κ3) is 4.38. The molecular formula is C22H26F2N8O2. The van der Waals surface area contributed by atoms with E-state index in [1.54, 1.807) is 35.2 Å². The molecule has 2 aliphatic rings. The number of ether oxygens (including phenoxy) is 1. The van der Waals surface area contributed by atoms with Crippen molar-refractivity contribution in [3.8, 4) is 5.82 Å². The van der Waals surface area contributed by atoms with Crippen LogP contribution in [0.3, 0.4) is 0 Å². The monoisotopic (exact) mass is 472 g/mol. The maximum Gasteiger partial charge on any atom is 0.296 e. The molecule has 2 aromatic heterocycles. The van der Waals surface area contributed by atoms with E-state index >= 15 is 0 Å². The predicted octanol–water partition coefficient (Wildman–Crippen LogP) is 1.56. The van der Waals surface area contributed by atoms with E-state index in [4.69, 9.17) is 10.5 Å². The number of halogens is 2. The second kappa shape index (κ2) is 9.47. The first-order chi connectivity index (χ1) is 16.5. The number of carbonyl (C=O) groups excluding carboxylic acids is 1. The summed E-state index contributed by atoms with van der Waals surface area (Å²) in [6.45, 7) is 3.32. The number of nitrogens with one attached hydrogen (secondary N) is 1. The summed E-state index contributed by atoms with van der Waals surface area (Å²) in [6.07, 6.45) is -2.05. The van der Waals surface area contributed by atoms with Gasteiger partial charge in [-0.1, -0.05) is 12.1 Å². The van der Waals surface area contributed by atoms with Crippen LogP contribution in [0.5, 0.6) is 0 Å². The van der Waals surface area contributed by atoms with Gasteiger partial charge in [-0.3, -0.25) is 9.36 Å². The van der Waals surface area contributed by atoms with Crippen molar-refractivity contribution in [1.82, 2.24) is 24.4 Å². The number of alkyl halides is 2. The van der Waals surface area contributed by atoms with Crippen LogP contribution in [0.25, 0.3) is 16.9 Å². The molecule has 0 aliphatic carbocycles. The number of likely N-dealkylation sites (tertiary alicyclic amines) is 1. The number of para-hydroxylation sites is 2. The smallest absolute Gasteiger partial charge is 0.296 e. The summed E-state index contributed by atoms with van der Waals surface area (Å²) in [4.78, 5) is 29.1. The number of nitrogens with two attached hydrogens (primary N) is 1. The van der Waals surface area contributed by atoms with Crippen LogP contribution in [-0.2, 0) is 9.53 Å². The molecule has 12 heteroatoms. The maximum atomic E-state index is 14.0. The Morgan fingerprint density at radius 3 is 2.74 bits per heavy atom. The summed E-state index contributed by atoms with van der Waals surface area (Å²) in [5, 5.41) is 3.36. The van der Waals surface area contributed by atoms with E-state index < -0.39 is 6.43 Å². The molecule has 2 saturated heterocycles. The molecule has 3 aromatic rings. The van der Waals surface area contributed by atoms with Gasteiger partial charge in [-0.25, -0.2) is 13.8 Å². The van der Waals surface area contributed by atoms with Crippen LogP contribution in [0.1, 0.15) is 18.7 Å². The second-order valence-electron chi connectivity index (χ2n) is 8.28. The van der Waals surface area contributed by atoms with E-state index in [2.05, 4.69) is 20.3 Å². The highest BCUT2D eigenvalue weighted by molar-refractivity contribution is 5.79. The third-order valence-corrected chi connectivity index (χ3v) is 6.07. The Bertz CT molecular complexity index is 1180. The number of rotatable bonds is 6. The van der Waals surface area contributed by atoms with E-state index in [1.807, 2.05) is 4.90 Å². The van der Waals surface area contributed by atoms with Crippen LogP contribution in [0.15, 0.2) is 30.3 Å². The van der Waals surface area contributed by atoms with E-state index in [0.717, 1.165) is 6.42 Å². The van der Waals surface area contributed by atoms with Gasteiger partial charge in [0.05, 0.1) is 30.8 Å². The average molecular weight is 473 g/mol. The number of hydrogen-bond acceptors (Lipinski definition) is 8. The fraction of sp³-hybridized carbons (Fsp3) is 0.455. The average Bonchev–Trinajstić information content (AvgIpc) is 3.49. The highest BCUT2D eigenvalue weighted by Crippen LogP contribution is 2.29. The number of anilines is 2. The van der Waals surface area contributed by atoms with Gasteiger partial charge in [-0.15, -0.1) is 0 Å². The van der Waals surface area contributed by atoms with Crippen molar-refractivity contribution >= 4 is 28.7 Å². The molecule has 0 spiro atoms. The van der Waals surface area contributed by atoms with Crippen molar-refractivity contribution in [2.24, 2.45) is 5.73 Å². The molecule has 10 nitrogen and oxygen atoms in total. The zero-order chi connectivity index (χ0) is 23.7. The van der Waals surface area contributed by atoms with Crippen molar-refractivity contribution in [1.29, 1.82) is 0 Å². The molecule has 3 N–H and O–H groups in total. The molecule has 34 heavy (non-hydrogen) atoms. The van der Waals surface area contributed by atoms with Crippen LogP contribution in [0.2, 0.25) is 0 Å². The molecule has 0 saturated carbocycles. The van der Waals surface area contributed by atoms with Gasteiger partial charge in [-0.2, -0.15) is 9.97 Å². The molecule has 1 atom stereocenters. The van der Waals surface area contributed by atoms with Crippen LogP contribution in [-0.4, -0.2) is 82.3 Å². The largest absolute Gasteiger partial charge is 0.378 e. The lowest BCUT2D eigenvalue weighted by atomic mass is 10.2. The van der Waals surface area contributed by atoms with E-state index in [0.29, 0.717) is 68.0 Å². The Hall–Kier alpha value is -3.38. The molecular weight excluding hydrogens is 446 g/mol. The number of hydrogen-bond donors (Lipinski definition) is 2. The third-order valence-electron chi connectivity index (χ3n) is 6.07. The topological polar surface area (TPSA) is 114 Å². The molecule has 5 rings (SSSR count). The van der Waals surface area contributed by atoms with Gasteiger partial charge in [-0.05, 0) is 18.6 Å². The number of benzene rings is 1. The Morgan fingerprint density at radius 1 is 1.18 bits per heavy atom. The van der Waals surface area contributed by atoms with Gasteiger partial charge >= 0.3 is 0 Å². The zero-order valence-corrected chi connectivity index (χ0v) is 18.5. The van der Waals surface area contributed by atoms with Crippen molar-refractivity contribution < 1.29 is 18.3 Å². The van der Waals surface area contributed by atoms with Crippen molar-refractivity contribution in [2.45, 2.75) is 18.9 Å². The van der Waals surface area contributed by atoms with Crippen LogP contribution >= 0.6 is 0 Å². The molecule has 2 aliphatic heterocycles. The Morgan fingerprint density at radius 2 is 1.97 bits per heavy atom. The number of morpholine rings is 1. The predicted molar refractivity (Wildman–Crippen MR) is 122 cm³/mol. The van der Waals surface area contributed by atoms with E-state index in [-0.39, 0.29) is 24.3 Å².